The first-order valence-electron chi connectivity index (χ1n) is 9.50. The summed E-state index contributed by atoms with van der Waals surface area (Å²) in [5.74, 6) is -0.0433. The molecule has 3 aliphatic heterocycles. The van der Waals surface area contributed by atoms with E-state index in [1.165, 1.54) is 0 Å². The molecule has 2 fully saturated rings. The predicted molar refractivity (Wildman–Crippen MR) is 98.6 cm³/mol. The summed E-state index contributed by atoms with van der Waals surface area (Å²) >= 11 is 0. The fraction of sp³-hybridized carbons (Fsp3) is 0.474. The second-order valence-corrected chi connectivity index (χ2v) is 7.38. The minimum Gasteiger partial charge on any atom is -0.454 e. The van der Waals surface area contributed by atoms with Crippen LogP contribution < -0.4 is 20.5 Å². The summed E-state index contributed by atoms with van der Waals surface area (Å²) < 4.78 is 10.6. The van der Waals surface area contributed by atoms with Crippen LogP contribution in [-0.2, 0) is 20.9 Å². The van der Waals surface area contributed by atoms with Gasteiger partial charge in [0, 0.05) is 19.0 Å². The van der Waals surface area contributed by atoms with Crippen LogP contribution in [-0.4, -0.2) is 59.5 Å². The summed E-state index contributed by atoms with van der Waals surface area (Å²) in [7, 11) is 0. The van der Waals surface area contributed by atoms with Crippen LogP contribution >= 0.6 is 0 Å². The van der Waals surface area contributed by atoms with Gasteiger partial charge in [-0.3, -0.25) is 19.3 Å². The Bertz CT molecular complexity index is 864. The number of likely N-dealkylation sites (tertiary alicyclic amines) is 1. The van der Waals surface area contributed by atoms with Crippen molar-refractivity contribution in [1.29, 1.82) is 0 Å². The van der Waals surface area contributed by atoms with Gasteiger partial charge < -0.3 is 25.4 Å². The number of imide groups is 1. The number of primary amides is 1. The molecule has 0 spiro atoms. The number of benzene rings is 1. The quantitative estimate of drug-likeness (QED) is 0.664. The number of carbonyl (C=O) groups excluding carboxylic acids is 4. The lowest BCUT2D eigenvalue weighted by molar-refractivity contribution is -0.137. The number of piperidine rings is 1. The molecule has 0 radical (unpaired) electrons. The summed E-state index contributed by atoms with van der Waals surface area (Å²) in [4.78, 5) is 51.4. The maximum atomic E-state index is 12.7. The van der Waals surface area contributed by atoms with Crippen LogP contribution in [0.25, 0.3) is 0 Å². The van der Waals surface area contributed by atoms with Gasteiger partial charge in [-0.25, -0.2) is 4.79 Å². The smallest absolute Gasteiger partial charge is 0.325 e. The molecule has 10 nitrogen and oxygen atoms in total. The number of rotatable bonds is 5. The molecule has 1 aromatic rings. The van der Waals surface area contributed by atoms with Gasteiger partial charge in [-0.05, 0) is 30.5 Å². The zero-order valence-corrected chi connectivity index (χ0v) is 15.8. The largest absolute Gasteiger partial charge is 0.454 e. The van der Waals surface area contributed by atoms with Crippen molar-refractivity contribution in [2.24, 2.45) is 11.7 Å². The topological polar surface area (TPSA) is 131 Å². The van der Waals surface area contributed by atoms with Crippen molar-refractivity contribution < 1.29 is 28.7 Å². The van der Waals surface area contributed by atoms with Gasteiger partial charge in [0.1, 0.15) is 6.04 Å². The normalized spacial score (nSPS) is 21.4. The Balaban J connectivity index is 1.34. The van der Waals surface area contributed by atoms with Gasteiger partial charge in [0.25, 0.3) is 5.91 Å². The van der Waals surface area contributed by atoms with Crippen LogP contribution in [0, 0.1) is 5.92 Å². The molecule has 29 heavy (non-hydrogen) atoms. The Hall–Kier alpha value is -3.30. The zero-order chi connectivity index (χ0) is 20.5. The number of fused-ring (bicyclic) bond motifs is 1. The summed E-state index contributed by atoms with van der Waals surface area (Å²) in [5.41, 5.74) is 6.03. The first-order valence-corrected chi connectivity index (χ1v) is 9.50. The van der Waals surface area contributed by atoms with Gasteiger partial charge >= 0.3 is 6.03 Å². The molecular weight excluding hydrogens is 380 g/mol. The van der Waals surface area contributed by atoms with Gasteiger partial charge in [0.05, 0.1) is 13.0 Å². The zero-order valence-electron chi connectivity index (χ0n) is 15.8. The number of nitrogens with two attached hydrogens (primary N) is 1. The third-order valence-corrected chi connectivity index (χ3v) is 5.51. The molecule has 0 aliphatic carbocycles. The first-order chi connectivity index (χ1) is 13.9. The number of hydrogen-bond acceptors (Lipinski definition) is 6. The molecule has 4 rings (SSSR count). The summed E-state index contributed by atoms with van der Waals surface area (Å²) in [6.45, 7) is 1.06. The van der Waals surface area contributed by atoms with Crippen molar-refractivity contribution in [2.75, 3.05) is 19.9 Å². The molecule has 2 saturated heterocycles. The summed E-state index contributed by atoms with van der Waals surface area (Å²) in [6.07, 6.45) is 0.925. The van der Waals surface area contributed by atoms with E-state index >= 15 is 0 Å². The highest BCUT2D eigenvalue weighted by Gasteiger charge is 2.40. The number of nitrogens with one attached hydrogen (secondary N) is 1. The molecule has 0 saturated carbocycles. The maximum absolute atomic E-state index is 12.7. The van der Waals surface area contributed by atoms with Crippen molar-refractivity contribution >= 4 is 23.8 Å². The number of hydrogen-bond donors (Lipinski definition) is 2. The van der Waals surface area contributed by atoms with Crippen LogP contribution in [0.4, 0.5) is 4.79 Å². The summed E-state index contributed by atoms with van der Waals surface area (Å²) in [5, 5.41) is 2.58. The lowest BCUT2D eigenvalue weighted by Gasteiger charge is -2.31. The number of ether oxygens (including phenoxy) is 2. The first kappa shape index (κ1) is 19.0. The van der Waals surface area contributed by atoms with Crippen molar-refractivity contribution in [3.05, 3.63) is 23.8 Å². The maximum Gasteiger partial charge on any atom is 0.325 e. The van der Waals surface area contributed by atoms with Gasteiger partial charge in [0.15, 0.2) is 11.5 Å². The van der Waals surface area contributed by atoms with Crippen LogP contribution in [0.5, 0.6) is 11.5 Å². The van der Waals surface area contributed by atoms with Crippen molar-refractivity contribution in [1.82, 2.24) is 15.1 Å². The van der Waals surface area contributed by atoms with Crippen molar-refractivity contribution in [2.45, 2.75) is 31.8 Å². The van der Waals surface area contributed by atoms with Gasteiger partial charge in [-0.2, -0.15) is 0 Å². The Morgan fingerprint density at radius 1 is 1.14 bits per heavy atom. The van der Waals surface area contributed by atoms with Crippen LogP contribution in [0.2, 0.25) is 0 Å². The highest BCUT2D eigenvalue weighted by molar-refractivity contribution is 6.05. The molecular formula is C19H22N4O6. The number of carbonyl (C=O) groups is 4. The van der Waals surface area contributed by atoms with E-state index in [2.05, 4.69) is 5.32 Å². The Morgan fingerprint density at radius 3 is 2.59 bits per heavy atom. The molecule has 0 bridgehead atoms. The lowest BCUT2D eigenvalue weighted by atomic mass is 9.96. The van der Waals surface area contributed by atoms with Crippen LogP contribution in [0.15, 0.2) is 18.2 Å². The molecule has 10 heteroatoms. The molecule has 3 aliphatic rings. The van der Waals surface area contributed by atoms with Crippen molar-refractivity contribution in [3.8, 4) is 11.5 Å². The summed E-state index contributed by atoms with van der Waals surface area (Å²) in [6, 6.07) is 3.79. The van der Waals surface area contributed by atoms with Crippen LogP contribution in [0.3, 0.4) is 0 Å². The van der Waals surface area contributed by atoms with Gasteiger partial charge in [-0.1, -0.05) is 6.07 Å². The van der Waals surface area contributed by atoms with E-state index in [0.717, 1.165) is 10.5 Å². The lowest BCUT2D eigenvalue weighted by Crippen LogP contribution is -2.44. The second-order valence-electron chi connectivity index (χ2n) is 7.38. The second kappa shape index (κ2) is 7.61. The average molecular weight is 402 g/mol. The van der Waals surface area contributed by atoms with Crippen molar-refractivity contribution in [3.63, 3.8) is 0 Å². The highest BCUT2D eigenvalue weighted by atomic mass is 16.7. The Kier molecular flexibility index (Phi) is 4.99. The Labute approximate surface area is 166 Å². The standard InChI is InChI=1S/C19H22N4O6/c20-17(25)12-3-5-22(6-4-12)16(24)8-13-18(26)23(19(27)21-13)9-11-1-2-14-15(7-11)29-10-28-14/h1-2,7,12-13H,3-6,8-10H2,(H2,20,25)(H,21,27). The number of amides is 5. The molecule has 1 unspecified atom stereocenters. The fourth-order valence-corrected chi connectivity index (χ4v) is 3.80. The van der Waals surface area contributed by atoms with E-state index in [1.807, 2.05) is 0 Å². The number of nitrogens with zero attached hydrogens (tertiary/aromatic N) is 2. The van der Waals surface area contributed by atoms with Gasteiger partial charge in [0.2, 0.25) is 18.6 Å². The molecule has 3 heterocycles. The molecule has 154 valence electrons. The third-order valence-electron chi connectivity index (χ3n) is 5.51. The SMILES string of the molecule is NC(=O)C1CCN(C(=O)CC2NC(=O)N(Cc3ccc4c(c3)OCO4)C2=O)CC1. The van der Waals surface area contributed by atoms with E-state index in [1.54, 1.807) is 23.1 Å². The van der Waals surface area contributed by atoms with Crippen LogP contribution in [0.1, 0.15) is 24.8 Å². The average Bonchev–Trinajstić information content (AvgIpc) is 3.27. The molecule has 0 aromatic heterocycles. The minimum absolute atomic E-state index is 0.0794. The monoisotopic (exact) mass is 402 g/mol. The van der Waals surface area contributed by atoms with E-state index in [-0.39, 0.29) is 37.5 Å². The molecule has 3 N–H and O–H groups in total. The van der Waals surface area contributed by atoms with E-state index in [0.29, 0.717) is 37.4 Å². The minimum atomic E-state index is -0.891. The van der Waals surface area contributed by atoms with E-state index in [4.69, 9.17) is 15.2 Å². The fourth-order valence-electron chi connectivity index (χ4n) is 3.80. The number of urea groups is 1. The van der Waals surface area contributed by atoms with E-state index < -0.39 is 18.0 Å². The highest BCUT2D eigenvalue weighted by Crippen LogP contribution is 2.33. The van der Waals surface area contributed by atoms with Gasteiger partial charge in [-0.15, -0.1) is 0 Å². The molecule has 1 atom stereocenters. The van der Waals surface area contributed by atoms with E-state index in [9.17, 15) is 19.2 Å². The molecule has 1 aromatic carbocycles. The Morgan fingerprint density at radius 2 is 1.86 bits per heavy atom. The predicted octanol–water partition coefficient (Wildman–Crippen LogP) is -0.0503. The third kappa shape index (κ3) is 3.82. The molecule has 5 amide bonds.